The Morgan fingerprint density at radius 2 is 1.79 bits per heavy atom. The minimum Gasteiger partial charge on any atom is -0.484 e. The Labute approximate surface area is 167 Å². The maximum atomic E-state index is 14.3. The summed E-state index contributed by atoms with van der Waals surface area (Å²) in [4.78, 5) is 11.2. The van der Waals surface area contributed by atoms with Crippen LogP contribution in [-0.4, -0.2) is 11.1 Å². The molecule has 152 valence electrons. The van der Waals surface area contributed by atoms with E-state index in [4.69, 9.17) is 15.0 Å². The van der Waals surface area contributed by atoms with Crippen LogP contribution >= 0.6 is 0 Å². The van der Waals surface area contributed by atoms with Crippen molar-refractivity contribution in [3.63, 3.8) is 0 Å². The molecule has 0 spiro atoms. The normalized spacial score (nSPS) is 11.5. The monoisotopic (exact) mass is 400 g/mol. The minimum absolute atomic E-state index is 0.0387. The molecule has 1 heterocycles. The van der Waals surface area contributed by atoms with Gasteiger partial charge in [-0.1, -0.05) is 50.2 Å². The number of carbonyl (C=O) groups is 1. The molecule has 2 N–H and O–H groups in total. The van der Waals surface area contributed by atoms with E-state index < -0.39 is 23.1 Å². The van der Waals surface area contributed by atoms with Gasteiger partial charge in [0.2, 0.25) is 0 Å². The van der Waals surface area contributed by atoms with Gasteiger partial charge in [-0.15, -0.1) is 0 Å². The summed E-state index contributed by atoms with van der Waals surface area (Å²) in [6.07, 6.45) is 0. The average Bonchev–Trinajstić information content (AvgIpc) is 3.01. The van der Waals surface area contributed by atoms with Crippen LogP contribution in [-0.2, 0) is 12.0 Å². The number of aromatic nitrogens is 1. The first-order valence-electron chi connectivity index (χ1n) is 9.06. The third kappa shape index (κ3) is 4.13. The van der Waals surface area contributed by atoms with Crippen molar-refractivity contribution >= 4 is 5.91 Å². The lowest BCUT2D eigenvalue weighted by Crippen LogP contribution is -2.16. The molecule has 0 unspecified atom stereocenters. The lowest BCUT2D eigenvalue weighted by atomic mass is 9.86. The number of rotatable bonds is 5. The quantitative estimate of drug-likeness (QED) is 0.660. The highest BCUT2D eigenvalue weighted by Crippen LogP contribution is 2.30. The predicted molar refractivity (Wildman–Crippen MR) is 105 cm³/mol. The van der Waals surface area contributed by atoms with Crippen molar-refractivity contribution in [2.45, 2.75) is 39.7 Å². The number of nitrogens with two attached hydrogens (primary N) is 1. The summed E-state index contributed by atoms with van der Waals surface area (Å²) in [6, 6.07) is 10.0. The topological polar surface area (TPSA) is 78.4 Å². The van der Waals surface area contributed by atoms with E-state index in [1.807, 2.05) is 31.2 Å². The van der Waals surface area contributed by atoms with Gasteiger partial charge in [0, 0.05) is 11.1 Å². The standard InChI is InChI=1S/C22H22F2N2O3/c1-12-16(11-28-17-10-9-15(23)18(19(17)24)21(25)27)26-29-20(12)13-5-7-14(8-6-13)22(2,3)4/h5-10H,11H2,1-4H3,(H2,25,27). The van der Waals surface area contributed by atoms with E-state index in [0.717, 1.165) is 23.3 Å². The Balaban J connectivity index is 1.81. The maximum absolute atomic E-state index is 14.3. The summed E-state index contributed by atoms with van der Waals surface area (Å²) in [5.74, 6) is -3.10. The Morgan fingerprint density at radius 1 is 1.14 bits per heavy atom. The molecule has 3 aromatic rings. The number of halogens is 2. The first-order valence-corrected chi connectivity index (χ1v) is 9.06. The number of hydrogen-bond acceptors (Lipinski definition) is 4. The summed E-state index contributed by atoms with van der Waals surface area (Å²) in [6.45, 7) is 8.11. The van der Waals surface area contributed by atoms with Gasteiger partial charge in [-0.3, -0.25) is 4.79 Å². The van der Waals surface area contributed by atoms with Crippen LogP contribution in [0.4, 0.5) is 8.78 Å². The van der Waals surface area contributed by atoms with Crippen molar-refractivity contribution in [3.05, 3.63) is 70.4 Å². The molecule has 0 aliphatic rings. The zero-order chi connectivity index (χ0) is 21.3. The predicted octanol–water partition coefficient (Wildman–Crippen LogP) is 4.90. The van der Waals surface area contributed by atoms with Gasteiger partial charge in [-0.2, -0.15) is 0 Å². The molecule has 1 amide bonds. The van der Waals surface area contributed by atoms with Crippen LogP contribution in [0.2, 0.25) is 0 Å². The van der Waals surface area contributed by atoms with Crippen molar-refractivity contribution in [1.29, 1.82) is 0 Å². The van der Waals surface area contributed by atoms with Crippen molar-refractivity contribution in [2.75, 3.05) is 0 Å². The maximum Gasteiger partial charge on any atom is 0.254 e. The molecule has 0 fully saturated rings. The molecule has 2 aromatic carbocycles. The van der Waals surface area contributed by atoms with Crippen LogP contribution < -0.4 is 10.5 Å². The molecule has 0 saturated carbocycles. The van der Waals surface area contributed by atoms with Gasteiger partial charge in [-0.25, -0.2) is 8.78 Å². The molecule has 5 nitrogen and oxygen atoms in total. The second-order valence-electron chi connectivity index (χ2n) is 7.80. The lowest BCUT2D eigenvalue weighted by Gasteiger charge is -2.18. The molecule has 0 aliphatic heterocycles. The zero-order valence-electron chi connectivity index (χ0n) is 16.7. The highest BCUT2D eigenvalue weighted by atomic mass is 19.1. The Morgan fingerprint density at radius 3 is 2.38 bits per heavy atom. The number of carbonyl (C=O) groups excluding carboxylic acids is 1. The molecule has 1 aromatic heterocycles. The molecule has 0 atom stereocenters. The second-order valence-corrected chi connectivity index (χ2v) is 7.80. The Kier molecular flexibility index (Phi) is 5.42. The van der Waals surface area contributed by atoms with E-state index >= 15 is 0 Å². The summed E-state index contributed by atoms with van der Waals surface area (Å²) in [7, 11) is 0. The van der Waals surface area contributed by atoms with E-state index in [-0.39, 0.29) is 17.8 Å². The van der Waals surface area contributed by atoms with Crippen LogP contribution in [0, 0.1) is 18.6 Å². The van der Waals surface area contributed by atoms with Gasteiger partial charge in [0.05, 0.1) is 0 Å². The summed E-state index contributed by atoms with van der Waals surface area (Å²) in [5.41, 5.74) is 7.48. The molecule has 0 aliphatic carbocycles. The first kappa shape index (κ1) is 20.5. The molecular weight excluding hydrogens is 378 g/mol. The summed E-state index contributed by atoms with van der Waals surface area (Å²) in [5, 5.41) is 3.99. The fourth-order valence-electron chi connectivity index (χ4n) is 2.91. The molecule has 0 bridgehead atoms. The number of primary amides is 1. The van der Waals surface area contributed by atoms with Crippen LogP contribution in [0.15, 0.2) is 40.9 Å². The van der Waals surface area contributed by atoms with Crippen LogP contribution in [0.1, 0.15) is 48.0 Å². The van der Waals surface area contributed by atoms with Crippen molar-refractivity contribution < 1.29 is 22.8 Å². The number of nitrogens with zero attached hydrogens (tertiary/aromatic N) is 1. The van der Waals surface area contributed by atoms with Crippen molar-refractivity contribution in [1.82, 2.24) is 5.16 Å². The van der Waals surface area contributed by atoms with Crippen LogP contribution in [0.25, 0.3) is 11.3 Å². The van der Waals surface area contributed by atoms with E-state index in [9.17, 15) is 13.6 Å². The fourth-order valence-corrected chi connectivity index (χ4v) is 2.91. The van der Waals surface area contributed by atoms with Gasteiger partial charge in [0.1, 0.15) is 23.7 Å². The lowest BCUT2D eigenvalue weighted by molar-refractivity contribution is 0.0991. The van der Waals surface area contributed by atoms with E-state index in [2.05, 4.69) is 25.9 Å². The van der Waals surface area contributed by atoms with Gasteiger partial charge in [0.15, 0.2) is 17.3 Å². The highest BCUT2D eigenvalue weighted by Gasteiger charge is 2.21. The number of amides is 1. The fraction of sp³-hybridized carbons (Fsp3) is 0.273. The zero-order valence-corrected chi connectivity index (χ0v) is 16.7. The summed E-state index contributed by atoms with van der Waals surface area (Å²) < 4.78 is 38.7. The van der Waals surface area contributed by atoms with Gasteiger partial charge in [-0.05, 0) is 30.0 Å². The van der Waals surface area contributed by atoms with E-state index in [1.54, 1.807) is 0 Å². The molecule has 3 rings (SSSR count). The average molecular weight is 400 g/mol. The number of ether oxygens (including phenoxy) is 1. The second kappa shape index (κ2) is 7.66. The largest absolute Gasteiger partial charge is 0.484 e. The van der Waals surface area contributed by atoms with Crippen molar-refractivity contribution in [3.8, 4) is 17.1 Å². The molecule has 29 heavy (non-hydrogen) atoms. The summed E-state index contributed by atoms with van der Waals surface area (Å²) >= 11 is 0. The molecule has 7 heteroatoms. The number of hydrogen-bond donors (Lipinski definition) is 1. The third-order valence-electron chi connectivity index (χ3n) is 4.70. The Hall–Kier alpha value is -3.22. The molecular formula is C22H22F2N2O3. The molecule has 0 radical (unpaired) electrons. The first-order chi connectivity index (χ1) is 13.6. The Bertz CT molecular complexity index is 1050. The SMILES string of the molecule is Cc1c(COc2ccc(F)c(C(N)=O)c2F)noc1-c1ccc(C(C)(C)C)cc1. The molecule has 0 saturated heterocycles. The van der Waals surface area contributed by atoms with Crippen molar-refractivity contribution in [2.24, 2.45) is 5.73 Å². The minimum atomic E-state index is -1.20. The van der Waals surface area contributed by atoms with Gasteiger partial charge in [0.25, 0.3) is 5.91 Å². The third-order valence-corrected chi connectivity index (χ3v) is 4.70. The van der Waals surface area contributed by atoms with Gasteiger partial charge < -0.3 is 15.0 Å². The van der Waals surface area contributed by atoms with Crippen LogP contribution in [0.5, 0.6) is 5.75 Å². The highest BCUT2D eigenvalue weighted by molar-refractivity contribution is 5.93. The van der Waals surface area contributed by atoms with E-state index in [1.165, 1.54) is 5.56 Å². The smallest absolute Gasteiger partial charge is 0.254 e. The van der Waals surface area contributed by atoms with Gasteiger partial charge >= 0.3 is 0 Å². The van der Waals surface area contributed by atoms with Crippen LogP contribution in [0.3, 0.4) is 0 Å². The van der Waals surface area contributed by atoms with E-state index in [0.29, 0.717) is 11.5 Å². The number of benzene rings is 2.